The summed E-state index contributed by atoms with van der Waals surface area (Å²) in [6.07, 6.45) is -3.32. The highest BCUT2D eigenvalue weighted by atomic mass is 19.4. The molecule has 0 aromatic carbocycles. The molecule has 0 saturated heterocycles. The predicted molar refractivity (Wildman–Crippen MR) is 57.9 cm³/mol. The second-order valence-corrected chi connectivity index (χ2v) is 3.75. The number of aryl methyl sites for hydroxylation is 1. The Balaban J connectivity index is 3.07. The lowest BCUT2D eigenvalue weighted by Crippen LogP contribution is -2.21. The smallest absolute Gasteiger partial charge is 0.434 e. The third-order valence-electron chi connectivity index (χ3n) is 2.49. The number of ether oxygens (including phenoxy) is 1. The van der Waals surface area contributed by atoms with Crippen LogP contribution in [0.3, 0.4) is 0 Å². The first-order chi connectivity index (χ1) is 8.31. The minimum atomic E-state index is -4.51. The lowest BCUT2D eigenvalue weighted by atomic mass is 10.2. The molecule has 0 saturated carbocycles. The van der Waals surface area contributed by atoms with E-state index in [-0.39, 0.29) is 12.4 Å². The van der Waals surface area contributed by atoms with Crippen LogP contribution in [0.5, 0.6) is 0 Å². The van der Waals surface area contributed by atoms with Crippen molar-refractivity contribution in [2.75, 3.05) is 6.61 Å². The number of imidazole rings is 1. The molecule has 1 rings (SSSR count). The van der Waals surface area contributed by atoms with E-state index < -0.39 is 23.9 Å². The van der Waals surface area contributed by atoms with Crippen LogP contribution >= 0.6 is 0 Å². The van der Waals surface area contributed by atoms with E-state index in [9.17, 15) is 18.0 Å². The first-order valence-electron chi connectivity index (χ1n) is 5.60. The molecule has 7 heteroatoms. The summed E-state index contributed by atoms with van der Waals surface area (Å²) in [5.74, 6) is -0.406. The van der Waals surface area contributed by atoms with Gasteiger partial charge in [0.25, 0.3) is 0 Å². The van der Waals surface area contributed by atoms with E-state index in [0.717, 1.165) is 6.20 Å². The van der Waals surface area contributed by atoms with Crippen LogP contribution in [0.15, 0.2) is 6.20 Å². The Morgan fingerprint density at radius 1 is 1.50 bits per heavy atom. The van der Waals surface area contributed by atoms with Crippen LogP contribution in [0.2, 0.25) is 0 Å². The molecule has 1 aromatic rings. The van der Waals surface area contributed by atoms with Gasteiger partial charge in [0.1, 0.15) is 11.9 Å². The van der Waals surface area contributed by atoms with E-state index in [1.54, 1.807) is 13.8 Å². The number of hydrogen-bond donors (Lipinski definition) is 0. The molecule has 0 radical (unpaired) electrons. The summed E-state index contributed by atoms with van der Waals surface area (Å²) in [4.78, 5) is 15.1. The van der Waals surface area contributed by atoms with Gasteiger partial charge in [-0.25, -0.2) is 9.78 Å². The fourth-order valence-electron chi connectivity index (χ4n) is 1.65. The van der Waals surface area contributed by atoms with E-state index in [0.29, 0.717) is 6.42 Å². The van der Waals surface area contributed by atoms with E-state index in [2.05, 4.69) is 4.98 Å². The maximum Gasteiger partial charge on any atom is 0.434 e. The Morgan fingerprint density at radius 2 is 2.11 bits per heavy atom. The zero-order valence-corrected chi connectivity index (χ0v) is 10.4. The third kappa shape index (κ3) is 3.02. The summed E-state index contributed by atoms with van der Waals surface area (Å²) in [6.45, 7) is 4.97. The van der Waals surface area contributed by atoms with Gasteiger partial charge in [-0.1, -0.05) is 6.92 Å². The van der Waals surface area contributed by atoms with Crippen molar-refractivity contribution in [3.63, 3.8) is 0 Å². The molecule has 1 unspecified atom stereocenters. The number of alkyl halides is 3. The molecule has 18 heavy (non-hydrogen) atoms. The van der Waals surface area contributed by atoms with Gasteiger partial charge in [0.2, 0.25) is 0 Å². The lowest BCUT2D eigenvalue weighted by molar-refractivity contribution is -0.147. The molecule has 0 bridgehead atoms. The van der Waals surface area contributed by atoms with Crippen molar-refractivity contribution in [1.82, 2.24) is 9.55 Å². The van der Waals surface area contributed by atoms with E-state index >= 15 is 0 Å². The molecule has 1 heterocycles. The Kier molecular flexibility index (Phi) is 4.37. The van der Waals surface area contributed by atoms with Gasteiger partial charge in [0, 0.05) is 6.20 Å². The van der Waals surface area contributed by atoms with Crippen LogP contribution in [-0.2, 0) is 15.7 Å². The van der Waals surface area contributed by atoms with Crippen LogP contribution in [0.1, 0.15) is 37.8 Å². The summed E-state index contributed by atoms with van der Waals surface area (Å²) in [5.41, 5.74) is -0.997. The second-order valence-electron chi connectivity index (χ2n) is 3.75. The van der Waals surface area contributed by atoms with Gasteiger partial charge in [-0.2, -0.15) is 13.2 Å². The number of aromatic nitrogens is 2. The Bertz CT molecular complexity index is 426. The first kappa shape index (κ1) is 14.5. The summed E-state index contributed by atoms with van der Waals surface area (Å²) in [6, 6.07) is -0.770. The van der Waals surface area contributed by atoms with E-state index in [4.69, 9.17) is 4.74 Å². The first-order valence-corrected chi connectivity index (χ1v) is 5.60. The van der Waals surface area contributed by atoms with Gasteiger partial charge in [-0.15, -0.1) is 0 Å². The van der Waals surface area contributed by atoms with Crippen LogP contribution in [0, 0.1) is 6.92 Å². The molecule has 0 spiro atoms. The molecule has 1 aromatic heterocycles. The molecule has 102 valence electrons. The molecular formula is C11H15F3N2O2. The van der Waals surface area contributed by atoms with E-state index in [1.165, 1.54) is 11.5 Å². The quantitative estimate of drug-likeness (QED) is 0.785. The number of carbonyl (C=O) groups excluding carboxylic acids is 1. The standard InChI is InChI=1S/C11H15F3N2O2/c1-4-8(10(17)18-5-2)16-6-9(11(12,13)14)15-7(16)3/h6,8H,4-5H2,1-3H3. The van der Waals surface area contributed by atoms with Gasteiger partial charge in [-0.05, 0) is 20.3 Å². The summed E-state index contributed by atoms with van der Waals surface area (Å²) in [5, 5.41) is 0. The van der Waals surface area contributed by atoms with Crippen molar-refractivity contribution in [1.29, 1.82) is 0 Å². The zero-order chi connectivity index (χ0) is 13.9. The Labute approximate surface area is 103 Å². The minimum absolute atomic E-state index is 0.141. The maximum absolute atomic E-state index is 12.5. The highest BCUT2D eigenvalue weighted by molar-refractivity contribution is 5.74. The van der Waals surface area contributed by atoms with Crippen molar-refractivity contribution in [3.05, 3.63) is 17.7 Å². The van der Waals surface area contributed by atoms with Crippen LogP contribution in [-0.4, -0.2) is 22.1 Å². The lowest BCUT2D eigenvalue weighted by Gasteiger charge is -2.16. The maximum atomic E-state index is 12.5. The SMILES string of the molecule is CCOC(=O)C(CC)n1cc(C(F)(F)F)nc1C. The number of halogens is 3. The molecular weight excluding hydrogens is 249 g/mol. The third-order valence-corrected chi connectivity index (χ3v) is 2.49. The number of nitrogens with zero attached hydrogens (tertiary/aromatic N) is 2. The van der Waals surface area contributed by atoms with Crippen LogP contribution in [0.4, 0.5) is 13.2 Å². The Hall–Kier alpha value is -1.53. The van der Waals surface area contributed by atoms with Crippen LogP contribution in [0.25, 0.3) is 0 Å². The van der Waals surface area contributed by atoms with Gasteiger partial charge in [-0.3, -0.25) is 0 Å². The molecule has 1 atom stereocenters. The number of carbonyl (C=O) groups is 1. The molecule has 0 amide bonds. The average Bonchev–Trinajstić information content (AvgIpc) is 2.62. The highest BCUT2D eigenvalue weighted by Crippen LogP contribution is 2.29. The highest BCUT2D eigenvalue weighted by Gasteiger charge is 2.35. The van der Waals surface area contributed by atoms with Gasteiger partial charge in [0.05, 0.1) is 6.61 Å². The van der Waals surface area contributed by atoms with Crippen LogP contribution < -0.4 is 0 Å². The van der Waals surface area contributed by atoms with E-state index in [1.807, 2.05) is 0 Å². The number of hydrogen-bond acceptors (Lipinski definition) is 3. The van der Waals surface area contributed by atoms with Gasteiger partial charge in [0.15, 0.2) is 5.69 Å². The molecule has 0 aliphatic rings. The molecule has 0 fully saturated rings. The zero-order valence-electron chi connectivity index (χ0n) is 10.4. The van der Waals surface area contributed by atoms with Crippen molar-refractivity contribution < 1.29 is 22.7 Å². The van der Waals surface area contributed by atoms with Crippen molar-refractivity contribution in [2.45, 2.75) is 39.4 Å². The van der Waals surface area contributed by atoms with Crippen molar-refractivity contribution in [2.24, 2.45) is 0 Å². The predicted octanol–water partition coefficient (Wildman–Crippen LogP) is 2.72. The van der Waals surface area contributed by atoms with Gasteiger partial charge >= 0.3 is 12.1 Å². The normalized spacial score (nSPS) is 13.4. The average molecular weight is 264 g/mol. The summed E-state index contributed by atoms with van der Waals surface area (Å²) < 4.78 is 43.6. The fraction of sp³-hybridized carbons (Fsp3) is 0.636. The number of esters is 1. The summed E-state index contributed by atoms with van der Waals surface area (Å²) >= 11 is 0. The second kappa shape index (κ2) is 5.41. The van der Waals surface area contributed by atoms with Crippen molar-refractivity contribution in [3.8, 4) is 0 Å². The van der Waals surface area contributed by atoms with Crippen molar-refractivity contribution >= 4 is 5.97 Å². The van der Waals surface area contributed by atoms with Gasteiger partial charge < -0.3 is 9.30 Å². The molecule has 0 aliphatic heterocycles. The largest absolute Gasteiger partial charge is 0.464 e. The Morgan fingerprint density at radius 3 is 2.50 bits per heavy atom. The molecule has 4 nitrogen and oxygen atoms in total. The minimum Gasteiger partial charge on any atom is -0.464 e. The topological polar surface area (TPSA) is 44.1 Å². The molecule has 0 N–H and O–H groups in total. The summed E-state index contributed by atoms with van der Waals surface area (Å²) in [7, 11) is 0. The number of rotatable bonds is 4. The monoisotopic (exact) mass is 264 g/mol. The molecule has 0 aliphatic carbocycles. The fourth-order valence-corrected chi connectivity index (χ4v) is 1.65.